The number of nitrogens with zero attached hydrogens (tertiary/aromatic N) is 1. The predicted molar refractivity (Wildman–Crippen MR) is 52.5 cm³/mol. The van der Waals surface area contributed by atoms with Gasteiger partial charge in [-0.05, 0) is 24.3 Å². The Morgan fingerprint density at radius 2 is 2.15 bits per heavy atom. The quantitative estimate of drug-likeness (QED) is 0.741. The highest BCUT2D eigenvalue weighted by atomic mass is 14.7. The molecule has 2 heterocycles. The number of hydrogen-bond acceptors (Lipinski definition) is 1. The summed E-state index contributed by atoms with van der Waals surface area (Å²) < 4.78 is 0. The van der Waals surface area contributed by atoms with Crippen LogP contribution < -0.4 is 0 Å². The monoisotopic (exact) mass is 172 g/mol. The Morgan fingerprint density at radius 3 is 2.77 bits per heavy atom. The second-order valence-electron chi connectivity index (χ2n) is 3.10. The van der Waals surface area contributed by atoms with Crippen molar-refractivity contribution in [2.75, 3.05) is 0 Å². The molecule has 0 amide bonds. The molecule has 0 fully saturated rings. The van der Waals surface area contributed by atoms with Gasteiger partial charge in [-0.3, -0.25) is 4.98 Å². The van der Waals surface area contributed by atoms with Gasteiger partial charge < -0.3 is 4.98 Å². The summed E-state index contributed by atoms with van der Waals surface area (Å²) in [5.74, 6) is 0.344. The molecule has 1 atom stereocenters. The number of H-pyrrole nitrogens is 1. The van der Waals surface area contributed by atoms with Gasteiger partial charge in [0.15, 0.2) is 0 Å². The summed E-state index contributed by atoms with van der Waals surface area (Å²) in [6.45, 7) is 2.15. The predicted octanol–water partition coefficient (Wildman–Crippen LogP) is 2.56. The Hall–Kier alpha value is -1.57. The molecule has 2 nitrogen and oxygen atoms in total. The molecule has 0 radical (unpaired) electrons. The van der Waals surface area contributed by atoms with Crippen LogP contribution in [-0.2, 0) is 0 Å². The largest absolute Gasteiger partial charge is 0.364 e. The Labute approximate surface area is 77.6 Å². The lowest BCUT2D eigenvalue weighted by molar-refractivity contribution is 0.841. The third-order valence-corrected chi connectivity index (χ3v) is 2.22. The molecule has 0 saturated carbocycles. The van der Waals surface area contributed by atoms with Crippen molar-refractivity contribution in [2.45, 2.75) is 12.8 Å². The highest BCUT2D eigenvalue weighted by molar-refractivity contribution is 5.21. The highest BCUT2D eigenvalue weighted by Gasteiger charge is 2.08. The van der Waals surface area contributed by atoms with Gasteiger partial charge in [0.05, 0.1) is 0 Å². The van der Waals surface area contributed by atoms with Crippen molar-refractivity contribution in [1.29, 1.82) is 0 Å². The van der Waals surface area contributed by atoms with Crippen molar-refractivity contribution in [3.8, 4) is 0 Å². The lowest BCUT2D eigenvalue weighted by Crippen LogP contribution is -1.98. The van der Waals surface area contributed by atoms with Gasteiger partial charge in [-0.15, -0.1) is 0 Å². The van der Waals surface area contributed by atoms with E-state index in [2.05, 4.69) is 23.0 Å². The molecule has 0 aliphatic carbocycles. The molecular formula is C11H12N2. The molecule has 0 unspecified atom stereocenters. The molecule has 2 rings (SSSR count). The smallest absolute Gasteiger partial charge is 0.0490 e. The zero-order valence-corrected chi connectivity index (χ0v) is 7.57. The van der Waals surface area contributed by atoms with E-state index in [1.807, 2.05) is 36.7 Å². The minimum atomic E-state index is 0.344. The zero-order valence-electron chi connectivity index (χ0n) is 7.57. The van der Waals surface area contributed by atoms with E-state index in [1.165, 1.54) is 5.69 Å². The molecule has 0 aliphatic rings. The highest BCUT2D eigenvalue weighted by Crippen LogP contribution is 2.19. The van der Waals surface area contributed by atoms with Crippen LogP contribution in [0.15, 0.2) is 42.7 Å². The van der Waals surface area contributed by atoms with Crippen LogP contribution in [0.25, 0.3) is 0 Å². The summed E-state index contributed by atoms with van der Waals surface area (Å²) in [6.07, 6.45) is 3.77. The van der Waals surface area contributed by atoms with Gasteiger partial charge in [-0.2, -0.15) is 0 Å². The van der Waals surface area contributed by atoms with Crippen LogP contribution in [-0.4, -0.2) is 9.97 Å². The molecule has 0 saturated heterocycles. The van der Waals surface area contributed by atoms with Crippen LogP contribution in [0, 0.1) is 0 Å². The Bertz CT molecular complexity index is 351. The van der Waals surface area contributed by atoms with Crippen LogP contribution >= 0.6 is 0 Å². The molecule has 66 valence electrons. The number of aromatic nitrogens is 2. The van der Waals surface area contributed by atoms with Crippen LogP contribution in [0.3, 0.4) is 0 Å². The van der Waals surface area contributed by atoms with E-state index in [4.69, 9.17) is 0 Å². The minimum Gasteiger partial charge on any atom is -0.364 e. The minimum absolute atomic E-state index is 0.344. The van der Waals surface area contributed by atoms with E-state index in [0.717, 1.165) is 5.69 Å². The summed E-state index contributed by atoms with van der Waals surface area (Å²) in [4.78, 5) is 7.51. The van der Waals surface area contributed by atoms with Crippen molar-refractivity contribution in [3.05, 3.63) is 54.1 Å². The third-order valence-electron chi connectivity index (χ3n) is 2.22. The van der Waals surface area contributed by atoms with Gasteiger partial charge in [0, 0.05) is 29.7 Å². The number of pyridine rings is 1. The molecule has 0 aliphatic heterocycles. The fraction of sp³-hybridized carbons (Fsp3) is 0.182. The first-order chi connectivity index (χ1) is 6.38. The summed E-state index contributed by atoms with van der Waals surface area (Å²) in [6, 6.07) is 10.1. The summed E-state index contributed by atoms with van der Waals surface area (Å²) >= 11 is 0. The van der Waals surface area contributed by atoms with E-state index < -0.39 is 0 Å². The molecule has 0 spiro atoms. The maximum atomic E-state index is 4.31. The average Bonchev–Trinajstić information content (AvgIpc) is 2.71. The molecule has 0 aromatic carbocycles. The lowest BCUT2D eigenvalue weighted by atomic mass is 10.0. The first-order valence-corrected chi connectivity index (χ1v) is 4.42. The van der Waals surface area contributed by atoms with Crippen molar-refractivity contribution in [1.82, 2.24) is 9.97 Å². The van der Waals surface area contributed by atoms with Crippen molar-refractivity contribution < 1.29 is 0 Å². The van der Waals surface area contributed by atoms with Crippen LogP contribution in [0.4, 0.5) is 0 Å². The first-order valence-electron chi connectivity index (χ1n) is 4.42. The zero-order chi connectivity index (χ0) is 9.10. The number of rotatable bonds is 2. The van der Waals surface area contributed by atoms with Crippen molar-refractivity contribution >= 4 is 0 Å². The average molecular weight is 172 g/mol. The Balaban J connectivity index is 2.29. The summed E-state index contributed by atoms with van der Waals surface area (Å²) in [5.41, 5.74) is 2.31. The molecular weight excluding hydrogens is 160 g/mol. The molecule has 1 N–H and O–H groups in total. The van der Waals surface area contributed by atoms with Crippen molar-refractivity contribution in [2.24, 2.45) is 0 Å². The van der Waals surface area contributed by atoms with E-state index in [0.29, 0.717) is 5.92 Å². The van der Waals surface area contributed by atoms with Gasteiger partial charge in [0.25, 0.3) is 0 Å². The van der Waals surface area contributed by atoms with Gasteiger partial charge in [0.2, 0.25) is 0 Å². The molecule has 2 aromatic heterocycles. The fourth-order valence-corrected chi connectivity index (χ4v) is 1.40. The van der Waals surface area contributed by atoms with Gasteiger partial charge in [-0.25, -0.2) is 0 Å². The topological polar surface area (TPSA) is 28.7 Å². The number of aromatic amines is 1. The molecule has 0 bridgehead atoms. The standard InChI is InChI=1S/C11H12N2/c1-9(11-6-4-8-13-11)10-5-2-3-7-12-10/h2-9,13H,1H3/t9-/m1/s1. The molecule has 2 heteroatoms. The Morgan fingerprint density at radius 1 is 1.23 bits per heavy atom. The molecule has 2 aromatic rings. The van der Waals surface area contributed by atoms with Crippen LogP contribution in [0.5, 0.6) is 0 Å². The number of nitrogens with one attached hydrogen (secondary N) is 1. The fourth-order valence-electron chi connectivity index (χ4n) is 1.40. The van der Waals surface area contributed by atoms with E-state index in [-0.39, 0.29) is 0 Å². The van der Waals surface area contributed by atoms with Gasteiger partial charge >= 0.3 is 0 Å². The normalized spacial score (nSPS) is 12.7. The Kier molecular flexibility index (Phi) is 2.13. The number of hydrogen-bond donors (Lipinski definition) is 1. The van der Waals surface area contributed by atoms with Gasteiger partial charge in [0.1, 0.15) is 0 Å². The first kappa shape index (κ1) is 8.05. The maximum absolute atomic E-state index is 4.31. The summed E-state index contributed by atoms with van der Waals surface area (Å²) in [5, 5.41) is 0. The van der Waals surface area contributed by atoms with E-state index >= 15 is 0 Å². The third kappa shape index (κ3) is 1.61. The SMILES string of the molecule is C[C@H](c1ccccn1)c1ccc[nH]1. The second-order valence-corrected chi connectivity index (χ2v) is 3.10. The van der Waals surface area contributed by atoms with Crippen LogP contribution in [0.2, 0.25) is 0 Å². The summed E-state index contributed by atoms with van der Waals surface area (Å²) in [7, 11) is 0. The van der Waals surface area contributed by atoms with Crippen LogP contribution in [0.1, 0.15) is 24.2 Å². The second kappa shape index (κ2) is 3.44. The molecule has 13 heavy (non-hydrogen) atoms. The van der Waals surface area contributed by atoms with Gasteiger partial charge in [-0.1, -0.05) is 13.0 Å². The maximum Gasteiger partial charge on any atom is 0.0490 e. The van der Waals surface area contributed by atoms with E-state index in [9.17, 15) is 0 Å². The van der Waals surface area contributed by atoms with Crippen molar-refractivity contribution in [3.63, 3.8) is 0 Å². The lowest BCUT2D eigenvalue weighted by Gasteiger charge is -2.07. The van der Waals surface area contributed by atoms with E-state index in [1.54, 1.807) is 0 Å².